The first-order valence-electron chi connectivity index (χ1n) is 10.4. The van der Waals surface area contributed by atoms with Gasteiger partial charge in [-0.2, -0.15) is 0 Å². The van der Waals surface area contributed by atoms with Gasteiger partial charge in [-0.1, -0.05) is 30.3 Å². The molecule has 0 unspecified atom stereocenters. The average molecular weight is 444 g/mol. The number of carbonyl (C=O) groups excluding carboxylic acids is 3. The minimum Gasteiger partial charge on any atom is -0.449 e. The minimum atomic E-state index is -0.891. The Balaban J connectivity index is 1.56. The molecule has 0 saturated carbocycles. The van der Waals surface area contributed by atoms with E-state index in [4.69, 9.17) is 4.74 Å². The van der Waals surface area contributed by atoms with Crippen LogP contribution in [0.15, 0.2) is 30.3 Å². The second-order valence-electron chi connectivity index (χ2n) is 7.80. The summed E-state index contributed by atoms with van der Waals surface area (Å²) in [5.41, 5.74) is 2.33. The van der Waals surface area contributed by atoms with Crippen LogP contribution in [0.5, 0.6) is 0 Å². The lowest BCUT2D eigenvalue weighted by Gasteiger charge is -2.35. The quantitative estimate of drug-likeness (QED) is 0.694. The van der Waals surface area contributed by atoms with Gasteiger partial charge >= 0.3 is 5.97 Å². The zero-order valence-electron chi connectivity index (χ0n) is 18.4. The Kier molecular flexibility index (Phi) is 7.46. The van der Waals surface area contributed by atoms with Gasteiger partial charge in [0.2, 0.25) is 5.91 Å². The Morgan fingerprint density at radius 3 is 2.35 bits per heavy atom. The number of anilines is 1. The van der Waals surface area contributed by atoms with Gasteiger partial charge in [0, 0.05) is 44.5 Å². The van der Waals surface area contributed by atoms with Crippen LogP contribution in [0, 0.1) is 13.8 Å². The van der Waals surface area contributed by atoms with Crippen molar-refractivity contribution in [3.63, 3.8) is 0 Å². The Labute approximate surface area is 187 Å². The fourth-order valence-electron chi connectivity index (χ4n) is 3.62. The van der Waals surface area contributed by atoms with Crippen LogP contribution in [0.25, 0.3) is 0 Å². The highest BCUT2D eigenvalue weighted by Crippen LogP contribution is 2.33. The fraction of sp³-hybridized carbons (Fsp3) is 0.435. The molecule has 3 rings (SSSR count). The molecule has 0 spiro atoms. The Bertz CT molecular complexity index is 949. The second kappa shape index (κ2) is 10.1. The number of thiophene rings is 1. The largest absolute Gasteiger partial charge is 0.449 e. The van der Waals surface area contributed by atoms with Gasteiger partial charge in [-0.05, 0) is 31.9 Å². The van der Waals surface area contributed by atoms with Crippen LogP contribution in [0.1, 0.15) is 40.2 Å². The van der Waals surface area contributed by atoms with Crippen molar-refractivity contribution in [2.24, 2.45) is 0 Å². The molecule has 1 aliphatic rings. The number of benzene rings is 1. The van der Waals surface area contributed by atoms with Gasteiger partial charge in [0.25, 0.3) is 5.91 Å². The monoisotopic (exact) mass is 443 g/mol. The molecule has 0 radical (unpaired) electrons. The molecular formula is C23H29N3O4S. The third kappa shape index (κ3) is 5.71. The van der Waals surface area contributed by atoms with E-state index in [1.165, 1.54) is 23.8 Å². The number of carbonyl (C=O) groups is 3. The minimum absolute atomic E-state index is 0.196. The van der Waals surface area contributed by atoms with Crippen LogP contribution >= 0.6 is 11.3 Å². The Morgan fingerprint density at radius 1 is 1.10 bits per heavy atom. The first-order valence-corrected chi connectivity index (χ1v) is 11.2. The van der Waals surface area contributed by atoms with Crippen molar-refractivity contribution >= 4 is 34.1 Å². The number of nitrogens with zero attached hydrogens (tertiary/aromatic N) is 2. The number of amides is 2. The third-order valence-electron chi connectivity index (χ3n) is 5.44. The third-order valence-corrected chi connectivity index (χ3v) is 6.57. The molecule has 2 amide bonds. The molecule has 31 heavy (non-hydrogen) atoms. The van der Waals surface area contributed by atoms with Crippen LogP contribution in [-0.2, 0) is 20.9 Å². The lowest BCUT2D eigenvalue weighted by molar-refractivity contribution is -0.141. The SMILES string of the molecule is CC(=O)Nc1sc(C)c(C)c1C(=O)O[C@@H](C)C(=O)N1CCN(Cc2ccccc2)CC1. The van der Waals surface area contributed by atoms with Crippen LogP contribution in [0.3, 0.4) is 0 Å². The topological polar surface area (TPSA) is 78.9 Å². The van der Waals surface area contributed by atoms with E-state index in [0.717, 1.165) is 30.1 Å². The van der Waals surface area contributed by atoms with Crippen molar-refractivity contribution in [2.45, 2.75) is 40.3 Å². The number of nitrogens with one attached hydrogen (secondary N) is 1. The van der Waals surface area contributed by atoms with Gasteiger partial charge in [0.1, 0.15) is 5.00 Å². The van der Waals surface area contributed by atoms with Crippen molar-refractivity contribution in [3.05, 3.63) is 51.9 Å². The maximum absolute atomic E-state index is 12.8. The summed E-state index contributed by atoms with van der Waals surface area (Å²) in [6.07, 6.45) is -0.891. The van der Waals surface area contributed by atoms with E-state index in [1.54, 1.807) is 11.8 Å². The number of piperazine rings is 1. The molecule has 0 aliphatic carbocycles. The van der Waals surface area contributed by atoms with E-state index in [0.29, 0.717) is 23.7 Å². The van der Waals surface area contributed by atoms with E-state index in [-0.39, 0.29) is 11.8 Å². The van der Waals surface area contributed by atoms with E-state index in [2.05, 4.69) is 22.3 Å². The van der Waals surface area contributed by atoms with Crippen LogP contribution in [-0.4, -0.2) is 59.9 Å². The summed E-state index contributed by atoms with van der Waals surface area (Å²) in [7, 11) is 0. The van der Waals surface area contributed by atoms with Gasteiger partial charge in [0.15, 0.2) is 6.10 Å². The van der Waals surface area contributed by atoms with E-state index in [1.807, 2.05) is 32.0 Å². The van der Waals surface area contributed by atoms with Crippen LogP contribution in [0.2, 0.25) is 0 Å². The molecule has 1 aromatic heterocycles. The smallest absolute Gasteiger partial charge is 0.342 e. The number of ether oxygens (including phenoxy) is 1. The molecular weight excluding hydrogens is 414 g/mol. The molecule has 1 saturated heterocycles. The molecule has 2 heterocycles. The molecule has 8 heteroatoms. The Hall–Kier alpha value is -2.71. The number of hydrogen-bond donors (Lipinski definition) is 1. The lowest BCUT2D eigenvalue weighted by Crippen LogP contribution is -2.51. The average Bonchev–Trinajstić information content (AvgIpc) is 3.01. The summed E-state index contributed by atoms with van der Waals surface area (Å²) in [6.45, 7) is 10.3. The molecule has 1 atom stereocenters. The highest BCUT2D eigenvalue weighted by Gasteiger charge is 2.29. The highest BCUT2D eigenvalue weighted by atomic mass is 32.1. The Morgan fingerprint density at radius 2 is 1.74 bits per heavy atom. The molecule has 1 aliphatic heterocycles. The first-order chi connectivity index (χ1) is 14.8. The normalized spacial score (nSPS) is 15.4. The zero-order valence-corrected chi connectivity index (χ0v) is 19.3. The van der Waals surface area contributed by atoms with E-state index < -0.39 is 12.1 Å². The second-order valence-corrected chi connectivity index (χ2v) is 9.03. The maximum atomic E-state index is 12.8. The predicted molar refractivity (Wildman–Crippen MR) is 121 cm³/mol. The lowest BCUT2D eigenvalue weighted by atomic mass is 10.1. The summed E-state index contributed by atoms with van der Waals surface area (Å²) in [5.74, 6) is -1.04. The van der Waals surface area contributed by atoms with Crippen LogP contribution in [0.4, 0.5) is 5.00 Å². The molecule has 2 aromatic rings. The molecule has 166 valence electrons. The summed E-state index contributed by atoms with van der Waals surface area (Å²) in [4.78, 5) is 42.1. The van der Waals surface area contributed by atoms with Crippen molar-refractivity contribution in [1.82, 2.24) is 9.80 Å². The van der Waals surface area contributed by atoms with Crippen molar-refractivity contribution in [3.8, 4) is 0 Å². The molecule has 1 N–H and O–H groups in total. The summed E-state index contributed by atoms with van der Waals surface area (Å²) < 4.78 is 5.50. The van der Waals surface area contributed by atoms with Crippen molar-refractivity contribution < 1.29 is 19.1 Å². The highest BCUT2D eigenvalue weighted by molar-refractivity contribution is 7.16. The summed E-state index contributed by atoms with van der Waals surface area (Å²) in [5, 5.41) is 3.14. The number of esters is 1. The fourth-order valence-corrected chi connectivity index (χ4v) is 4.71. The van der Waals surface area contributed by atoms with Gasteiger partial charge in [0.05, 0.1) is 5.56 Å². The number of aryl methyl sites for hydroxylation is 1. The first kappa shape index (κ1) is 23.0. The number of hydrogen-bond acceptors (Lipinski definition) is 6. The van der Waals surface area contributed by atoms with E-state index in [9.17, 15) is 14.4 Å². The van der Waals surface area contributed by atoms with Gasteiger partial charge in [-0.3, -0.25) is 14.5 Å². The molecule has 1 fully saturated rings. The zero-order chi connectivity index (χ0) is 22.5. The molecule has 7 nitrogen and oxygen atoms in total. The number of rotatable bonds is 6. The molecule has 1 aromatic carbocycles. The predicted octanol–water partition coefficient (Wildman–Crippen LogP) is 3.21. The van der Waals surface area contributed by atoms with Crippen molar-refractivity contribution in [1.29, 1.82) is 0 Å². The summed E-state index contributed by atoms with van der Waals surface area (Å²) in [6, 6.07) is 10.3. The van der Waals surface area contributed by atoms with Gasteiger partial charge < -0.3 is 15.0 Å². The van der Waals surface area contributed by atoms with Gasteiger partial charge in [-0.15, -0.1) is 11.3 Å². The van der Waals surface area contributed by atoms with Gasteiger partial charge in [-0.25, -0.2) is 4.79 Å². The standard InChI is InChI=1S/C23H29N3O4S/c1-15-17(3)31-21(24-18(4)27)20(15)23(29)30-16(2)22(28)26-12-10-25(11-13-26)14-19-8-6-5-7-9-19/h5-9,16H,10-14H2,1-4H3,(H,24,27)/t16-/m0/s1. The van der Waals surface area contributed by atoms with E-state index >= 15 is 0 Å². The summed E-state index contributed by atoms with van der Waals surface area (Å²) >= 11 is 1.33. The van der Waals surface area contributed by atoms with Crippen molar-refractivity contribution in [2.75, 3.05) is 31.5 Å². The molecule has 0 bridgehead atoms. The maximum Gasteiger partial charge on any atom is 0.342 e. The van der Waals surface area contributed by atoms with Crippen LogP contribution < -0.4 is 5.32 Å².